The van der Waals surface area contributed by atoms with Crippen LogP contribution in [0.4, 0.5) is 5.69 Å². The summed E-state index contributed by atoms with van der Waals surface area (Å²) in [5.74, 6) is -1.00. The molecule has 0 fully saturated rings. The molecule has 0 aromatic heterocycles. The van der Waals surface area contributed by atoms with Gasteiger partial charge >= 0.3 is 0 Å². The van der Waals surface area contributed by atoms with Crippen molar-refractivity contribution in [3.8, 4) is 0 Å². The lowest BCUT2D eigenvalue weighted by Crippen LogP contribution is -2.52. The third-order valence-electron chi connectivity index (χ3n) is 6.56. The number of nitrogens with one attached hydrogen (secondary N) is 1. The highest BCUT2D eigenvalue weighted by atomic mass is 35.5. The number of aryl methyl sites for hydroxylation is 1. The SMILES string of the molecule is CC[C@H](C)NC(=O)[C@H](C)N(Cc1c(Cl)cccc1Cl)C(=O)CN(c1ccc(Cl)cc1)S(=O)(=O)c1ccc(C)cc1. The van der Waals surface area contributed by atoms with Gasteiger partial charge in [0.25, 0.3) is 10.0 Å². The minimum atomic E-state index is -4.18. The maximum Gasteiger partial charge on any atom is 0.264 e. The molecular weight excluding hydrogens is 593 g/mol. The average Bonchev–Trinajstić information content (AvgIpc) is 2.91. The Hall–Kier alpha value is -2.78. The lowest BCUT2D eigenvalue weighted by atomic mass is 10.1. The fourth-order valence-corrected chi connectivity index (χ4v) is 5.93. The van der Waals surface area contributed by atoms with Gasteiger partial charge in [0.2, 0.25) is 11.8 Å². The third-order valence-corrected chi connectivity index (χ3v) is 9.31. The van der Waals surface area contributed by atoms with Crippen LogP contribution in [0.25, 0.3) is 0 Å². The first-order chi connectivity index (χ1) is 18.8. The Bertz CT molecular complexity index is 1430. The molecule has 0 saturated heterocycles. The van der Waals surface area contributed by atoms with E-state index in [2.05, 4.69) is 5.32 Å². The van der Waals surface area contributed by atoms with Gasteiger partial charge in [0.15, 0.2) is 0 Å². The molecule has 0 aliphatic heterocycles. The largest absolute Gasteiger partial charge is 0.352 e. The fraction of sp³-hybridized carbons (Fsp3) is 0.310. The van der Waals surface area contributed by atoms with Crippen molar-refractivity contribution in [3.05, 3.63) is 92.9 Å². The molecule has 0 unspecified atom stereocenters. The van der Waals surface area contributed by atoms with Gasteiger partial charge in [-0.1, -0.05) is 65.5 Å². The van der Waals surface area contributed by atoms with Crippen molar-refractivity contribution >= 4 is 62.3 Å². The van der Waals surface area contributed by atoms with Gasteiger partial charge in [0.1, 0.15) is 12.6 Å². The van der Waals surface area contributed by atoms with E-state index < -0.39 is 28.5 Å². The molecular formula is C29H32Cl3N3O4S. The number of rotatable bonds is 11. The number of nitrogens with zero attached hydrogens (tertiary/aromatic N) is 2. The van der Waals surface area contributed by atoms with E-state index in [-0.39, 0.29) is 29.1 Å². The molecule has 11 heteroatoms. The van der Waals surface area contributed by atoms with Crippen LogP contribution >= 0.6 is 34.8 Å². The lowest BCUT2D eigenvalue weighted by molar-refractivity contribution is -0.139. The highest BCUT2D eigenvalue weighted by Gasteiger charge is 2.33. The summed E-state index contributed by atoms with van der Waals surface area (Å²) in [6, 6.07) is 16.3. The molecule has 40 heavy (non-hydrogen) atoms. The van der Waals surface area contributed by atoms with Crippen molar-refractivity contribution in [1.29, 1.82) is 0 Å². The van der Waals surface area contributed by atoms with E-state index in [0.717, 1.165) is 9.87 Å². The van der Waals surface area contributed by atoms with Crippen molar-refractivity contribution in [2.75, 3.05) is 10.8 Å². The summed E-state index contributed by atoms with van der Waals surface area (Å²) in [4.78, 5) is 28.4. The van der Waals surface area contributed by atoms with Crippen LogP contribution in [-0.2, 0) is 26.2 Å². The zero-order valence-corrected chi connectivity index (χ0v) is 25.8. The normalized spacial score (nSPS) is 12.9. The second kappa shape index (κ2) is 13.7. The summed E-state index contributed by atoms with van der Waals surface area (Å²) in [7, 11) is -4.18. The summed E-state index contributed by atoms with van der Waals surface area (Å²) in [6.45, 7) is 6.54. The van der Waals surface area contributed by atoms with E-state index in [1.807, 2.05) is 20.8 Å². The van der Waals surface area contributed by atoms with Gasteiger partial charge in [-0.3, -0.25) is 13.9 Å². The molecule has 0 spiro atoms. The number of carbonyl (C=O) groups is 2. The van der Waals surface area contributed by atoms with Gasteiger partial charge in [-0.05, 0) is 75.7 Å². The van der Waals surface area contributed by atoms with Gasteiger partial charge in [-0.2, -0.15) is 0 Å². The van der Waals surface area contributed by atoms with Crippen molar-refractivity contribution < 1.29 is 18.0 Å². The summed E-state index contributed by atoms with van der Waals surface area (Å²) in [5, 5.41) is 3.94. The molecule has 0 heterocycles. The minimum absolute atomic E-state index is 0.0177. The van der Waals surface area contributed by atoms with E-state index in [9.17, 15) is 18.0 Å². The Kier molecular flexibility index (Phi) is 10.9. The number of halogens is 3. The molecule has 7 nitrogen and oxygen atoms in total. The quantitative estimate of drug-likeness (QED) is 0.265. The molecule has 0 aliphatic rings. The smallest absolute Gasteiger partial charge is 0.264 e. The number of benzene rings is 3. The first-order valence-corrected chi connectivity index (χ1v) is 15.3. The van der Waals surface area contributed by atoms with Gasteiger partial charge in [0, 0.05) is 33.2 Å². The zero-order chi connectivity index (χ0) is 29.6. The standard InChI is InChI=1S/C29H32Cl3N3O4S/c1-5-20(3)33-29(37)21(4)34(17-25-26(31)7-6-8-27(25)32)28(36)18-35(23-13-11-22(30)12-14-23)40(38,39)24-15-9-19(2)10-16-24/h6-16,20-21H,5,17-18H2,1-4H3,(H,33,37)/t20-,21-/m0/s1. The van der Waals surface area contributed by atoms with Crippen LogP contribution in [0, 0.1) is 6.92 Å². The van der Waals surface area contributed by atoms with Gasteiger partial charge in [-0.15, -0.1) is 0 Å². The maximum atomic E-state index is 14.0. The summed E-state index contributed by atoms with van der Waals surface area (Å²) >= 11 is 18.9. The Morgan fingerprint density at radius 2 is 1.48 bits per heavy atom. The second-order valence-corrected chi connectivity index (χ2v) is 12.6. The molecule has 1 N–H and O–H groups in total. The van der Waals surface area contributed by atoms with Crippen LogP contribution < -0.4 is 9.62 Å². The third kappa shape index (κ3) is 7.69. The number of carbonyl (C=O) groups excluding carboxylic acids is 2. The van der Waals surface area contributed by atoms with Crippen LogP contribution in [-0.4, -0.2) is 43.8 Å². The molecule has 3 aromatic rings. The van der Waals surface area contributed by atoms with Gasteiger partial charge in [0.05, 0.1) is 10.6 Å². The van der Waals surface area contributed by atoms with Crippen LogP contribution in [0.5, 0.6) is 0 Å². The highest BCUT2D eigenvalue weighted by Crippen LogP contribution is 2.29. The van der Waals surface area contributed by atoms with Gasteiger partial charge in [-0.25, -0.2) is 8.42 Å². The summed E-state index contributed by atoms with van der Waals surface area (Å²) in [6.07, 6.45) is 0.696. The first kappa shape index (κ1) is 31.7. The molecule has 3 aromatic carbocycles. The Morgan fingerprint density at radius 3 is 2.02 bits per heavy atom. The zero-order valence-electron chi connectivity index (χ0n) is 22.7. The van der Waals surface area contributed by atoms with E-state index in [1.165, 1.54) is 29.2 Å². The Morgan fingerprint density at radius 1 is 0.900 bits per heavy atom. The predicted octanol–water partition coefficient (Wildman–Crippen LogP) is 6.48. The van der Waals surface area contributed by atoms with E-state index >= 15 is 0 Å². The summed E-state index contributed by atoms with van der Waals surface area (Å²) < 4.78 is 28.7. The van der Waals surface area contributed by atoms with E-state index in [0.29, 0.717) is 27.1 Å². The van der Waals surface area contributed by atoms with Crippen molar-refractivity contribution in [2.24, 2.45) is 0 Å². The number of hydrogen-bond acceptors (Lipinski definition) is 4. The molecule has 214 valence electrons. The van der Waals surface area contributed by atoms with Crippen LogP contribution in [0.2, 0.25) is 15.1 Å². The molecule has 0 saturated carbocycles. The number of sulfonamides is 1. The van der Waals surface area contributed by atoms with Crippen LogP contribution in [0.15, 0.2) is 71.6 Å². The molecule has 0 bridgehead atoms. The average molecular weight is 625 g/mol. The Labute approximate surface area is 251 Å². The summed E-state index contributed by atoms with van der Waals surface area (Å²) in [5.41, 5.74) is 1.57. The van der Waals surface area contributed by atoms with Gasteiger partial charge < -0.3 is 10.2 Å². The molecule has 2 amide bonds. The highest BCUT2D eigenvalue weighted by molar-refractivity contribution is 7.92. The second-order valence-electron chi connectivity index (χ2n) is 9.52. The molecule has 0 aliphatic carbocycles. The Balaban J connectivity index is 2.06. The van der Waals surface area contributed by atoms with Crippen molar-refractivity contribution in [2.45, 2.75) is 57.6 Å². The first-order valence-electron chi connectivity index (χ1n) is 12.7. The van der Waals surface area contributed by atoms with Crippen molar-refractivity contribution in [1.82, 2.24) is 10.2 Å². The maximum absolute atomic E-state index is 14.0. The lowest BCUT2D eigenvalue weighted by Gasteiger charge is -2.32. The number of amides is 2. The van der Waals surface area contributed by atoms with E-state index in [4.69, 9.17) is 34.8 Å². The fourth-order valence-electron chi connectivity index (χ4n) is 3.88. The monoisotopic (exact) mass is 623 g/mol. The minimum Gasteiger partial charge on any atom is -0.352 e. The topological polar surface area (TPSA) is 86.8 Å². The van der Waals surface area contributed by atoms with Crippen molar-refractivity contribution in [3.63, 3.8) is 0 Å². The predicted molar refractivity (Wildman–Crippen MR) is 162 cm³/mol. The number of anilines is 1. The van der Waals surface area contributed by atoms with E-state index in [1.54, 1.807) is 49.4 Å². The molecule has 2 atom stereocenters. The van der Waals surface area contributed by atoms with Crippen LogP contribution in [0.1, 0.15) is 38.3 Å². The molecule has 0 radical (unpaired) electrons. The van der Waals surface area contributed by atoms with Crippen LogP contribution in [0.3, 0.4) is 0 Å². The molecule has 3 rings (SSSR count). The number of hydrogen-bond donors (Lipinski definition) is 1.